The molecule has 0 spiro atoms. The van der Waals surface area contributed by atoms with E-state index in [-0.39, 0.29) is 29.8 Å². The molecule has 0 unspecified atom stereocenters. The van der Waals surface area contributed by atoms with Crippen LogP contribution in [0.1, 0.15) is 12.1 Å². The maximum Gasteiger partial charge on any atom is 0.203 e. The van der Waals surface area contributed by atoms with Crippen LogP contribution in [0.5, 0.6) is 17.2 Å². The van der Waals surface area contributed by atoms with Gasteiger partial charge in [0.2, 0.25) is 9.84 Å². The molecule has 0 fully saturated rings. The fourth-order valence-corrected chi connectivity index (χ4v) is 5.09. The predicted molar refractivity (Wildman–Crippen MR) is 151 cm³/mol. The normalized spacial score (nSPS) is 11.7. The lowest BCUT2D eigenvalue weighted by atomic mass is 10.2. The quantitative estimate of drug-likeness (QED) is 0.216. The van der Waals surface area contributed by atoms with Gasteiger partial charge in [-0.15, -0.1) is 0 Å². The van der Waals surface area contributed by atoms with E-state index < -0.39 is 15.6 Å². The van der Waals surface area contributed by atoms with Gasteiger partial charge in [0.15, 0.2) is 22.3 Å². The van der Waals surface area contributed by atoms with Crippen molar-refractivity contribution in [2.45, 2.75) is 23.7 Å². The SMILES string of the molecule is COc1cc(Nc2nc3ccccc3nc2CS(=O)(=O)c2ccn(CCN(C)C)n2)c(OCCCO)c(OC)c1. The zero-order valence-electron chi connectivity index (χ0n) is 23.0. The lowest BCUT2D eigenvalue weighted by Crippen LogP contribution is -2.19. The van der Waals surface area contributed by atoms with Crippen LogP contribution in [0.15, 0.2) is 53.7 Å². The second kappa shape index (κ2) is 12.9. The number of nitrogens with zero attached hydrogens (tertiary/aromatic N) is 5. The number of aliphatic hydroxyl groups is 1. The lowest BCUT2D eigenvalue weighted by molar-refractivity contribution is 0.228. The molecule has 13 heteroatoms. The van der Waals surface area contributed by atoms with Crippen LogP contribution < -0.4 is 19.5 Å². The molecule has 40 heavy (non-hydrogen) atoms. The maximum atomic E-state index is 13.5. The van der Waals surface area contributed by atoms with Crippen molar-refractivity contribution in [1.29, 1.82) is 0 Å². The summed E-state index contributed by atoms with van der Waals surface area (Å²) in [4.78, 5) is 11.4. The van der Waals surface area contributed by atoms with E-state index in [0.29, 0.717) is 46.9 Å². The number of likely N-dealkylation sites (N-methyl/N-ethyl adjacent to an activating group) is 1. The molecule has 0 amide bonds. The molecule has 2 aromatic carbocycles. The number of sulfone groups is 1. The third kappa shape index (κ3) is 6.97. The smallest absolute Gasteiger partial charge is 0.203 e. The maximum absolute atomic E-state index is 13.5. The number of benzene rings is 2. The highest BCUT2D eigenvalue weighted by atomic mass is 32.2. The third-order valence-electron chi connectivity index (χ3n) is 5.97. The van der Waals surface area contributed by atoms with Crippen LogP contribution in [0.25, 0.3) is 11.0 Å². The van der Waals surface area contributed by atoms with E-state index in [1.54, 1.807) is 35.1 Å². The number of hydrogen-bond donors (Lipinski definition) is 2. The Balaban J connectivity index is 1.74. The molecule has 2 heterocycles. The first-order valence-corrected chi connectivity index (χ1v) is 14.3. The summed E-state index contributed by atoms with van der Waals surface area (Å²) in [6.07, 6.45) is 2.06. The summed E-state index contributed by atoms with van der Waals surface area (Å²) < 4.78 is 45.4. The van der Waals surface area contributed by atoms with Crippen LogP contribution in [-0.2, 0) is 22.1 Å². The molecule has 0 radical (unpaired) electrons. The van der Waals surface area contributed by atoms with Gasteiger partial charge in [-0.1, -0.05) is 12.1 Å². The Labute approximate surface area is 233 Å². The second-order valence-electron chi connectivity index (χ2n) is 9.24. The van der Waals surface area contributed by atoms with Crippen LogP contribution >= 0.6 is 0 Å². The number of aliphatic hydroxyl groups excluding tert-OH is 1. The summed E-state index contributed by atoms with van der Waals surface area (Å²) in [6, 6.07) is 12.1. The number of ether oxygens (including phenoxy) is 3. The molecule has 2 aromatic heterocycles. The highest BCUT2D eigenvalue weighted by Crippen LogP contribution is 2.41. The summed E-state index contributed by atoms with van der Waals surface area (Å²) in [7, 11) is 3.04. The van der Waals surface area contributed by atoms with E-state index in [9.17, 15) is 13.5 Å². The molecule has 0 aliphatic heterocycles. The molecule has 0 aliphatic rings. The van der Waals surface area contributed by atoms with Gasteiger partial charge in [-0.05, 0) is 32.3 Å². The lowest BCUT2D eigenvalue weighted by Gasteiger charge is -2.18. The zero-order chi connectivity index (χ0) is 28.7. The minimum absolute atomic E-state index is 0.0374. The molecule has 0 saturated heterocycles. The van der Waals surface area contributed by atoms with Gasteiger partial charge in [0.25, 0.3) is 0 Å². The van der Waals surface area contributed by atoms with Gasteiger partial charge in [0.1, 0.15) is 11.5 Å². The van der Waals surface area contributed by atoms with E-state index in [4.69, 9.17) is 19.2 Å². The summed E-state index contributed by atoms with van der Waals surface area (Å²) in [5, 5.41) is 16.7. The topological polar surface area (TPSA) is 141 Å². The molecular weight excluding hydrogens is 536 g/mol. The average Bonchev–Trinajstić information content (AvgIpc) is 3.43. The number of aromatic nitrogens is 4. The molecule has 2 N–H and O–H groups in total. The van der Waals surface area contributed by atoms with Crippen molar-refractivity contribution in [2.24, 2.45) is 0 Å². The number of nitrogens with one attached hydrogen (secondary N) is 1. The van der Waals surface area contributed by atoms with Crippen molar-refractivity contribution in [3.8, 4) is 17.2 Å². The average molecular weight is 571 g/mol. The van der Waals surface area contributed by atoms with Gasteiger partial charge in [-0.25, -0.2) is 18.4 Å². The highest BCUT2D eigenvalue weighted by molar-refractivity contribution is 7.90. The molecule has 4 aromatic rings. The van der Waals surface area contributed by atoms with Crippen LogP contribution in [0, 0.1) is 0 Å². The van der Waals surface area contributed by atoms with Crippen LogP contribution in [0.2, 0.25) is 0 Å². The van der Waals surface area contributed by atoms with E-state index in [1.165, 1.54) is 20.3 Å². The standard InChI is InChI=1S/C27H34N6O6S/c1-32(2)12-13-33-11-10-25(31-33)40(35,36)18-23-27(29-21-9-6-5-8-20(21)28-23)30-22-16-19(37-3)17-24(38-4)26(22)39-15-7-14-34/h5-6,8-11,16-17,34H,7,12-15,18H2,1-4H3,(H,29,30). The van der Waals surface area contributed by atoms with Crippen molar-refractivity contribution in [1.82, 2.24) is 24.6 Å². The highest BCUT2D eigenvalue weighted by Gasteiger charge is 2.24. The Bertz CT molecular complexity index is 1560. The molecule has 4 rings (SSSR count). The van der Waals surface area contributed by atoms with E-state index >= 15 is 0 Å². The first-order chi connectivity index (χ1) is 19.2. The predicted octanol–water partition coefficient (Wildman–Crippen LogP) is 2.88. The first-order valence-electron chi connectivity index (χ1n) is 12.7. The van der Waals surface area contributed by atoms with Crippen LogP contribution in [0.4, 0.5) is 11.5 Å². The Hall–Kier alpha value is -3.94. The molecule has 12 nitrogen and oxygen atoms in total. The van der Waals surface area contributed by atoms with Gasteiger partial charge >= 0.3 is 0 Å². The second-order valence-corrected chi connectivity index (χ2v) is 11.2. The Morgan fingerprint density at radius 2 is 1.80 bits per heavy atom. The van der Waals surface area contributed by atoms with Crippen LogP contribution in [-0.4, -0.2) is 86.2 Å². The summed E-state index contributed by atoms with van der Waals surface area (Å²) in [5.74, 6) is 1.04. The van der Waals surface area contributed by atoms with Gasteiger partial charge in [-0.2, -0.15) is 5.10 Å². The van der Waals surface area contributed by atoms with Crippen molar-refractivity contribution < 1.29 is 27.7 Å². The summed E-state index contributed by atoms with van der Waals surface area (Å²) in [5.41, 5.74) is 1.78. The van der Waals surface area contributed by atoms with E-state index in [2.05, 4.69) is 15.4 Å². The number of fused-ring (bicyclic) bond motifs is 1. The monoisotopic (exact) mass is 570 g/mol. The van der Waals surface area contributed by atoms with Gasteiger partial charge in [0, 0.05) is 37.9 Å². The molecule has 0 aliphatic carbocycles. The molecule has 214 valence electrons. The third-order valence-corrected chi connectivity index (χ3v) is 7.48. The van der Waals surface area contributed by atoms with Crippen molar-refractivity contribution >= 4 is 32.4 Å². The Kier molecular flexibility index (Phi) is 9.40. The van der Waals surface area contributed by atoms with E-state index in [1.807, 2.05) is 31.1 Å². The number of anilines is 2. The largest absolute Gasteiger partial charge is 0.497 e. The van der Waals surface area contributed by atoms with Crippen molar-refractivity contribution in [3.63, 3.8) is 0 Å². The molecular formula is C27H34N6O6S. The number of rotatable bonds is 14. The van der Waals surface area contributed by atoms with Crippen molar-refractivity contribution in [2.75, 3.05) is 53.4 Å². The van der Waals surface area contributed by atoms with Crippen molar-refractivity contribution in [3.05, 3.63) is 54.4 Å². The number of para-hydroxylation sites is 2. The first kappa shape index (κ1) is 29.1. The Morgan fingerprint density at radius 3 is 2.48 bits per heavy atom. The molecule has 0 saturated carbocycles. The summed E-state index contributed by atoms with van der Waals surface area (Å²) >= 11 is 0. The van der Waals surface area contributed by atoms with E-state index in [0.717, 1.165) is 6.54 Å². The van der Waals surface area contributed by atoms with Gasteiger partial charge in [0.05, 0.1) is 49.8 Å². The minimum Gasteiger partial charge on any atom is -0.497 e. The fraction of sp³-hybridized carbons (Fsp3) is 0.370. The van der Waals surface area contributed by atoms with Crippen LogP contribution in [0.3, 0.4) is 0 Å². The Morgan fingerprint density at radius 1 is 1.05 bits per heavy atom. The van der Waals surface area contributed by atoms with Gasteiger partial charge < -0.3 is 29.5 Å². The number of hydrogen-bond acceptors (Lipinski definition) is 11. The summed E-state index contributed by atoms with van der Waals surface area (Å²) in [6.45, 7) is 1.47. The zero-order valence-corrected chi connectivity index (χ0v) is 23.8. The van der Waals surface area contributed by atoms with Gasteiger partial charge in [-0.3, -0.25) is 4.68 Å². The molecule has 0 atom stereocenters. The minimum atomic E-state index is -3.86. The number of methoxy groups -OCH3 is 2. The molecule has 0 bridgehead atoms. The fourth-order valence-electron chi connectivity index (χ4n) is 3.88.